The summed E-state index contributed by atoms with van der Waals surface area (Å²) in [6.07, 6.45) is 1.79. The minimum atomic E-state index is -0.341. The van der Waals surface area contributed by atoms with E-state index in [0.29, 0.717) is 6.54 Å². The van der Waals surface area contributed by atoms with Crippen molar-refractivity contribution in [1.82, 2.24) is 10.3 Å². The first-order valence-corrected chi connectivity index (χ1v) is 6.31. The highest BCUT2D eigenvalue weighted by atomic mass is 16.7. The van der Waals surface area contributed by atoms with Crippen LogP contribution in [-0.2, 0) is 15.9 Å². The van der Waals surface area contributed by atoms with Gasteiger partial charge in [-0.1, -0.05) is 6.07 Å². The second-order valence-corrected chi connectivity index (χ2v) is 5.66. The quantitative estimate of drug-likeness (QED) is 0.813. The van der Waals surface area contributed by atoms with Gasteiger partial charge in [0, 0.05) is 18.2 Å². The van der Waals surface area contributed by atoms with Crippen LogP contribution >= 0.6 is 0 Å². The van der Waals surface area contributed by atoms with Crippen molar-refractivity contribution in [1.29, 1.82) is 0 Å². The van der Waals surface area contributed by atoms with Gasteiger partial charge >= 0.3 is 7.12 Å². The van der Waals surface area contributed by atoms with Gasteiger partial charge in [0.25, 0.3) is 0 Å². The molecule has 5 heteroatoms. The van der Waals surface area contributed by atoms with Gasteiger partial charge in [-0.15, -0.1) is 0 Å². The van der Waals surface area contributed by atoms with Crippen molar-refractivity contribution in [3.05, 3.63) is 24.0 Å². The second-order valence-electron chi connectivity index (χ2n) is 5.66. The summed E-state index contributed by atoms with van der Waals surface area (Å²) in [7, 11) is 1.56. The van der Waals surface area contributed by atoms with E-state index in [2.05, 4.69) is 38.0 Å². The van der Waals surface area contributed by atoms with Crippen LogP contribution in [0.2, 0.25) is 0 Å². The summed E-state index contributed by atoms with van der Waals surface area (Å²) in [5, 5.41) is 3.12. The number of nitrogens with one attached hydrogen (secondary N) is 1. The first-order valence-electron chi connectivity index (χ1n) is 6.31. The molecule has 0 bridgehead atoms. The van der Waals surface area contributed by atoms with Crippen LogP contribution in [0.25, 0.3) is 0 Å². The Morgan fingerprint density at radius 1 is 1.22 bits per heavy atom. The fourth-order valence-electron chi connectivity index (χ4n) is 1.95. The Bertz CT molecular complexity index is 419. The number of pyridine rings is 1. The lowest BCUT2D eigenvalue weighted by Gasteiger charge is -2.32. The fourth-order valence-corrected chi connectivity index (χ4v) is 1.95. The van der Waals surface area contributed by atoms with Crippen LogP contribution in [0.4, 0.5) is 0 Å². The van der Waals surface area contributed by atoms with Crippen molar-refractivity contribution in [2.45, 2.75) is 45.4 Å². The second kappa shape index (κ2) is 4.65. The van der Waals surface area contributed by atoms with Gasteiger partial charge in [-0.2, -0.15) is 0 Å². The number of aromatic nitrogens is 1. The van der Waals surface area contributed by atoms with E-state index in [9.17, 15) is 0 Å². The third-order valence-corrected chi connectivity index (χ3v) is 3.78. The maximum Gasteiger partial charge on any atom is 0.496 e. The molecule has 2 heterocycles. The average molecular weight is 248 g/mol. The molecule has 0 saturated carbocycles. The van der Waals surface area contributed by atoms with E-state index in [1.54, 1.807) is 6.20 Å². The normalized spacial score (nSPS) is 21.3. The van der Waals surface area contributed by atoms with E-state index in [1.807, 2.05) is 19.2 Å². The topological polar surface area (TPSA) is 43.4 Å². The number of hydrogen-bond donors (Lipinski definition) is 1. The summed E-state index contributed by atoms with van der Waals surface area (Å²) in [5.74, 6) is 0. The Kier molecular flexibility index (Phi) is 3.49. The van der Waals surface area contributed by atoms with Crippen LogP contribution in [0.3, 0.4) is 0 Å². The predicted molar refractivity (Wildman–Crippen MR) is 72.7 cm³/mol. The van der Waals surface area contributed by atoms with Gasteiger partial charge in [0.2, 0.25) is 0 Å². The first-order chi connectivity index (χ1) is 8.37. The van der Waals surface area contributed by atoms with Crippen molar-refractivity contribution in [3.8, 4) is 0 Å². The van der Waals surface area contributed by atoms with Crippen molar-refractivity contribution < 1.29 is 9.31 Å². The van der Waals surface area contributed by atoms with Crippen LogP contribution in [0, 0.1) is 0 Å². The molecular formula is C13H21BN2O2. The van der Waals surface area contributed by atoms with Crippen molar-refractivity contribution >= 4 is 12.6 Å². The molecule has 18 heavy (non-hydrogen) atoms. The van der Waals surface area contributed by atoms with Gasteiger partial charge < -0.3 is 14.6 Å². The lowest BCUT2D eigenvalue weighted by atomic mass is 9.78. The van der Waals surface area contributed by atoms with Crippen LogP contribution in [-0.4, -0.2) is 30.4 Å². The van der Waals surface area contributed by atoms with Crippen LogP contribution in [0.1, 0.15) is 33.4 Å². The summed E-state index contributed by atoms with van der Waals surface area (Å²) in [6, 6.07) is 3.93. The molecule has 0 unspecified atom stereocenters. The van der Waals surface area contributed by atoms with Crippen LogP contribution in [0.15, 0.2) is 18.3 Å². The molecule has 1 aliphatic rings. The molecule has 0 aromatic carbocycles. The molecular weight excluding hydrogens is 227 g/mol. The maximum atomic E-state index is 6.05. The summed E-state index contributed by atoms with van der Waals surface area (Å²) in [5.41, 5.74) is 1.35. The molecule has 0 spiro atoms. The molecule has 1 aromatic heterocycles. The highest BCUT2D eigenvalue weighted by Crippen LogP contribution is 2.36. The zero-order valence-electron chi connectivity index (χ0n) is 11.8. The largest absolute Gasteiger partial charge is 0.496 e. The summed E-state index contributed by atoms with van der Waals surface area (Å²) >= 11 is 0. The standard InChI is InChI=1S/C13H21BN2O2/c1-12(2)13(3,4)18-14(17-12)10-7-6-8-16-11(10)9-15-5/h6-8,15H,9H2,1-5H3. The van der Waals surface area contributed by atoms with Crippen LogP contribution in [0.5, 0.6) is 0 Å². The Hall–Kier alpha value is -0.905. The average Bonchev–Trinajstić information content (AvgIpc) is 2.49. The Balaban J connectivity index is 2.29. The van der Waals surface area contributed by atoms with E-state index in [0.717, 1.165) is 11.2 Å². The van der Waals surface area contributed by atoms with Gasteiger partial charge in [-0.05, 0) is 40.8 Å². The van der Waals surface area contributed by atoms with Gasteiger partial charge in [-0.3, -0.25) is 4.98 Å². The van der Waals surface area contributed by atoms with E-state index in [1.165, 1.54) is 0 Å². The monoisotopic (exact) mass is 248 g/mol. The third-order valence-electron chi connectivity index (χ3n) is 3.78. The van der Waals surface area contributed by atoms with Gasteiger partial charge in [-0.25, -0.2) is 0 Å². The van der Waals surface area contributed by atoms with Gasteiger partial charge in [0.1, 0.15) is 0 Å². The van der Waals surface area contributed by atoms with E-state index in [-0.39, 0.29) is 18.3 Å². The molecule has 1 N–H and O–H groups in total. The highest BCUT2D eigenvalue weighted by Gasteiger charge is 2.52. The minimum absolute atomic E-state index is 0.315. The molecule has 1 aromatic rings. The fraction of sp³-hybridized carbons (Fsp3) is 0.615. The van der Waals surface area contributed by atoms with Gasteiger partial charge in [0.05, 0.1) is 16.9 Å². The SMILES string of the molecule is CNCc1ncccc1B1OC(C)(C)C(C)(C)O1. The molecule has 0 aliphatic carbocycles. The zero-order valence-corrected chi connectivity index (χ0v) is 11.8. The maximum absolute atomic E-state index is 6.05. The molecule has 2 rings (SSSR count). The summed E-state index contributed by atoms with van der Waals surface area (Å²) in [6.45, 7) is 8.94. The Morgan fingerprint density at radius 2 is 1.83 bits per heavy atom. The van der Waals surface area contributed by atoms with E-state index < -0.39 is 0 Å². The predicted octanol–water partition coefficient (Wildman–Crippen LogP) is 1.10. The van der Waals surface area contributed by atoms with Crippen LogP contribution < -0.4 is 10.8 Å². The molecule has 1 aliphatic heterocycles. The summed E-state index contributed by atoms with van der Waals surface area (Å²) in [4.78, 5) is 4.39. The minimum Gasteiger partial charge on any atom is -0.399 e. The highest BCUT2D eigenvalue weighted by molar-refractivity contribution is 6.62. The smallest absolute Gasteiger partial charge is 0.399 e. The number of hydrogen-bond acceptors (Lipinski definition) is 4. The van der Waals surface area contributed by atoms with Crippen molar-refractivity contribution in [3.63, 3.8) is 0 Å². The summed E-state index contributed by atoms with van der Waals surface area (Å²) < 4.78 is 12.1. The Labute approximate surface area is 109 Å². The Morgan fingerprint density at radius 3 is 2.39 bits per heavy atom. The molecule has 4 nitrogen and oxygen atoms in total. The molecule has 0 atom stereocenters. The lowest BCUT2D eigenvalue weighted by Crippen LogP contribution is -2.41. The molecule has 0 amide bonds. The molecule has 1 fully saturated rings. The van der Waals surface area contributed by atoms with E-state index >= 15 is 0 Å². The molecule has 98 valence electrons. The molecule has 0 radical (unpaired) electrons. The third kappa shape index (κ3) is 2.30. The van der Waals surface area contributed by atoms with E-state index in [4.69, 9.17) is 9.31 Å². The molecule has 1 saturated heterocycles. The lowest BCUT2D eigenvalue weighted by molar-refractivity contribution is 0.00578. The number of rotatable bonds is 3. The van der Waals surface area contributed by atoms with Crippen molar-refractivity contribution in [2.75, 3.05) is 7.05 Å². The number of nitrogens with zero attached hydrogens (tertiary/aromatic N) is 1. The first kappa shape index (κ1) is 13.5. The van der Waals surface area contributed by atoms with Crippen molar-refractivity contribution in [2.24, 2.45) is 0 Å². The zero-order chi connectivity index (χ0) is 13.4. The van der Waals surface area contributed by atoms with Gasteiger partial charge in [0.15, 0.2) is 0 Å².